The largest absolute Gasteiger partial charge is 0.454 e. The molecule has 1 aromatic carbocycles. The summed E-state index contributed by atoms with van der Waals surface area (Å²) >= 11 is 0. The van der Waals surface area contributed by atoms with Gasteiger partial charge in [0.2, 0.25) is 6.79 Å². The van der Waals surface area contributed by atoms with Gasteiger partial charge in [-0.3, -0.25) is 15.0 Å². The van der Waals surface area contributed by atoms with Crippen molar-refractivity contribution in [3.63, 3.8) is 0 Å². The number of pyridine rings is 1. The van der Waals surface area contributed by atoms with Gasteiger partial charge in [-0.15, -0.1) is 0 Å². The molecule has 0 aliphatic carbocycles. The number of ether oxygens (including phenoxy) is 2. The number of aromatic nitrogens is 3. The quantitative estimate of drug-likeness (QED) is 0.722. The molecule has 8 nitrogen and oxygen atoms in total. The second-order valence-electron chi connectivity index (χ2n) is 5.81. The minimum absolute atomic E-state index is 0.227. The SMILES string of the molecule is O=C(NCc1ccc2c(c1)OCO2)NCc1nccnc1-c1ccncc1. The number of carbonyl (C=O) groups is 1. The Hall–Kier alpha value is -3.68. The van der Waals surface area contributed by atoms with Gasteiger partial charge in [-0.25, -0.2) is 4.79 Å². The molecule has 0 saturated carbocycles. The fourth-order valence-corrected chi connectivity index (χ4v) is 2.71. The zero-order valence-electron chi connectivity index (χ0n) is 14.4. The Balaban J connectivity index is 1.35. The molecular formula is C19H17N5O3. The molecule has 2 N–H and O–H groups in total. The molecule has 0 spiro atoms. The summed E-state index contributed by atoms with van der Waals surface area (Å²) in [6.45, 7) is 0.864. The third-order valence-corrected chi connectivity index (χ3v) is 4.03. The van der Waals surface area contributed by atoms with Crippen molar-refractivity contribution >= 4 is 6.03 Å². The maximum absolute atomic E-state index is 12.1. The van der Waals surface area contributed by atoms with E-state index < -0.39 is 0 Å². The first-order chi connectivity index (χ1) is 13.3. The fourth-order valence-electron chi connectivity index (χ4n) is 2.71. The lowest BCUT2D eigenvalue weighted by Crippen LogP contribution is -2.34. The van der Waals surface area contributed by atoms with Gasteiger partial charge in [-0.1, -0.05) is 6.07 Å². The summed E-state index contributed by atoms with van der Waals surface area (Å²) in [7, 11) is 0. The molecule has 0 radical (unpaired) electrons. The van der Waals surface area contributed by atoms with Crippen LogP contribution in [0.15, 0.2) is 55.1 Å². The van der Waals surface area contributed by atoms with Crippen LogP contribution in [0.3, 0.4) is 0 Å². The number of hydrogen-bond acceptors (Lipinski definition) is 6. The van der Waals surface area contributed by atoms with E-state index in [1.165, 1.54) is 0 Å². The van der Waals surface area contributed by atoms with Crippen molar-refractivity contribution in [2.75, 3.05) is 6.79 Å². The molecule has 8 heteroatoms. The van der Waals surface area contributed by atoms with E-state index in [2.05, 4.69) is 25.6 Å². The second kappa shape index (κ2) is 7.69. The Labute approximate surface area is 155 Å². The molecule has 2 amide bonds. The van der Waals surface area contributed by atoms with Gasteiger partial charge in [0, 0.05) is 36.9 Å². The van der Waals surface area contributed by atoms with Gasteiger partial charge in [0.15, 0.2) is 11.5 Å². The van der Waals surface area contributed by atoms with Crippen LogP contribution >= 0.6 is 0 Å². The number of amides is 2. The molecule has 1 aliphatic rings. The van der Waals surface area contributed by atoms with Gasteiger partial charge in [0.05, 0.1) is 17.9 Å². The van der Waals surface area contributed by atoms with Crippen molar-refractivity contribution in [1.29, 1.82) is 0 Å². The fraction of sp³-hybridized carbons (Fsp3) is 0.158. The number of fused-ring (bicyclic) bond motifs is 1. The highest BCUT2D eigenvalue weighted by atomic mass is 16.7. The molecule has 0 atom stereocenters. The van der Waals surface area contributed by atoms with E-state index in [0.29, 0.717) is 18.0 Å². The smallest absolute Gasteiger partial charge is 0.315 e. The van der Waals surface area contributed by atoms with Crippen LogP contribution in [0.25, 0.3) is 11.3 Å². The predicted octanol–water partition coefficient (Wildman–Crippen LogP) is 2.27. The maximum Gasteiger partial charge on any atom is 0.315 e. The van der Waals surface area contributed by atoms with E-state index in [1.54, 1.807) is 24.8 Å². The summed E-state index contributed by atoms with van der Waals surface area (Å²) < 4.78 is 10.6. The van der Waals surface area contributed by atoms with Gasteiger partial charge in [-0.05, 0) is 29.8 Å². The van der Waals surface area contributed by atoms with Crippen molar-refractivity contribution in [2.45, 2.75) is 13.1 Å². The normalized spacial score (nSPS) is 11.9. The van der Waals surface area contributed by atoms with Gasteiger partial charge >= 0.3 is 6.03 Å². The van der Waals surface area contributed by atoms with Crippen LogP contribution < -0.4 is 20.1 Å². The first-order valence-electron chi connectivity index (χ1n) is 8.40. The molecule has 0 fully saturated rings. The molecule has 3 heterocycles. The summed E-state index contributed by atoms with van der Waals surface area (Å²) in [5, 5.41) is 5.62. The topological polar surface area (TPSA) is 98.3 Å². The molecule has 136 valence electrons. The Kier molecular flexibility index (Phi) is 4.78. The number of carbonyl (C=O) groups excluding carboxylic acids is 1. The number of rotatable bonds is 5. The van der Waals surface area contributed by atoms with E-state index in [9.17, 15) is 4.79 Å². The predicted molar refractivity (Wildman–Crippen MR) is 96.9 cm³/mol. The van der Waals surface area contributed by atoms with E-state index in [4.69, 9.17) is 9.47 Å². The Morgan fingerprint density at radius 3 is 2.59 bits per heavy atom. The summed E-state index contributed by atoms with van der Waals surface area (Å²) in [5.41, 5.74) is 3.22. The highest BCUT2D eigenvalue weighted by Gasteiger charge is 2.13. The molecule has 0 saturated heterocycles. The second-order valence-corrected chi connectivity index (χ2v) is 5.81. The first kappa shape index (κ1) is 16.8. The molecule has 0 bridgehead atoms. The number of nitrogens with zero attached hydrogens (tertiary/aromatic N) is 3. The lowest BCUT2D eigenvalue weighted by molar-refractivity contribution is 0.174. The molecule has 3 aromatic rings. The van der Waals surface area contributed by atoms with E-state index >= 15 is 0 Å². The van der Waals surface area contributed by atoms with Crippen LogP contribution in [-0.4, -0.2) is 27.8 Å². The van der Waals surface area contributed by atoms with Gasteiger partial charge in [0.1, 0.15) is 0 Å². The molecule has 1 aliphatic heterocycles. The van der Waals surface area contributed by atoms with E-state index in [0.717, 1.165) is 22.6 Å². The summed E-state index contributed by atoms with van der Waals surface area (Å²) in [4.78, 5) is 24.8. The lowest BCUT2D eigenvalue weighted by Gasteiger charge is -2.10. The lowest BCUT2D eigenvalue weighted by atomic mass is 10.1. The number of benzene rings is 1. The Bertz CT molecular complexity index is 949. The Morgan fingerprint density at radius 2 is 1.70 bits per heavy atom. The summed E-state index contributed by atoms with van der Waals surface area (Å²) in [6, 6.07) is 8.99. The molecule has 0 unspecified atom stereocenters. The van der Waals surface area contributed by atoms with E-state index in [1.807, 2.05) is 30.3 Å². The molecule has 27 heavy (non-hydrogen) atoms. The van der Waals surface area contributed by atoms with Crippen LogP contribution in [0, 0.1) is 0 Å². The molecule has 2 aromatic heterocycles. The monoisotopic (exact) mass is 363 g/mol. The van der Waals surface area contributed by atoms with Crippen molar-refractivity contribution in [3.05, 3.63) is 66.4 Å². The molecule has 4 rings (SSSR count). The molecular weight excluding hydrogens is 346 g/mol. The van der Waals surface area contributed by atoms with Crippen molar-refractivity contribution in [2.24, 2.45) is 0 Å². The van der Waals surface area contributed by atoms with Crippen molar-refractivity contribution < 1.29 is 14.3 Å². The minimum atomic E-state index is -0.293. The Morgan fingerprint density at radius 1 is 0.926 bits per heavy atom. The third-order valence-electron chi connectivity index (χ3n) is 4.03. The highest BCUT2D eigenvalue weighted by molar-refractivity contribution is 5.74. The summed E-state index contributed by atoms with van der Waals surface area (Å²) in [6.07, 6.45) is 6.61. The van der Waals surface area contributed by atoms with Crippen LogP contribution in [0.1, 0.15) is 11.3 Å². The van der Waals surface area contributed by atoms with Crippen molar-refractivity contribution in [3.8, 4) is 22.8 Å². The summed E-state index contributed by atoms with van der Waals surface area (Å²) in [5.74, 6) is 1.41. The van der Waals surface area contributed by atoms with Crippen LogP contribution in [0.2, 0.25) is 0 Å². The standard InChI is InChI=1S/C19H17N5O3/c25-19(23-10-13-1-2-16-17(9-13)27-12-26-16)24-11-15-18(22-8-7-21-15)14-3-5-20-6-4-14/h1-9H,10-12H2,(H2,23,24,25). The van der Waals surface area contributed by atoms with Crippen LogP contribution in [0.5, 0.6) is 11.5 Å². The van der Waals surface area contributed by atoms with Gasteiger partial charge in [-0.2, -0.15) is 0 Å². The maximum atomic E-state index is 12.1. The van der Waals surface area contributed by atoms with Crippen LogP contribution in [0.4, 0.5) is 4.79 Å². The number of urea groups is 1. The van der Waals surface area contributed by atoms with Crippen LogP contribution in [-0.2, 0) is 13.1 Å². The average Bonchev–Trinajstić information content (AvgIpc) is 3.19. The number of nitrogens with one attached hydrogen (secondary N) is 2. The first-order valence-corrected chi connectivity index (χ1v) is 8.40. The average molecular weight is 363 g/mol. The van der Waals surface area contributed by atoms with E-state index in [-0.39, 0.29) is 19.4 Å². The van der Waals surface area contributed by atoms with Crippen molar-refractivity contribution in [1.82, 2.24) is 25.6 Å². The third kappa shape index (κ3) is 3.95. The highest BCUT2D eigenvalue weighted by Crippen LogP contribution is 2.32. The van der Waals surface area contributed by atoms with Gasteiger partial charge in [0.25, 0.3) is 0 Å². The zero-order valence-corrected chi connectivity index (χ0v) is 14.4. The number of hydrogen-bond donors (Lipinski definition) is 2. The zero-order chi connectivity index (χ0) is 18.5. The minimum Gasteiger partial charge on any atom is -0.454 e. The van der Waals surface area contributed by atoms with Gasteiger partial charge < -0.3 is 20.1 Å².